The molecule has 0 aliphatic carbocycles. The molecule has 0 saturated carbocycles. The van der Waals surface area contributed by atoms with Gasteiger partial charge in [0, 0.05) is 17.6 Å². The van der Waals surface area contributed by atoms with E-state index >= 15 is 0 Å². The van der Waals surface area contributed by atoms with E-state index in [1.54, 1.807) is 11.0 Å². The highest BCUT2D eigenvalue weighted by atomic mass is 79.9. The molecule has 1 aliphatic heterocycles. The fourth-order valence-corrected chi connectivity index (χ4v) is 3.20. The molecule has 0 unspecified atom stereocenters. The van der Waals surface area contributed by atoms with E-state index in [0.717, 1.165) is 36.0 Å². The molecule has 1 aromatic rings. The topological polar surface area (TPSA) is 67.9 Å². The Hall–Kier alpha value is -1.76. The maximum Gasteiger partial charge on any atom is 0.241 e. The molecule has 2 amide bonds. The number of carbonyl (C=O) groups excluding carboxylic acids is 2. The summed E-state index contributed by atoms with van der Waals surface area (Å²) in [7, 11) is 0. The van der Waals surface area contributed by atoms with Crippen LogP contribution in [0.3, 0.4) is 0 Å². The van der Waals surface area contributed by atoms with Crippen LogP contribution in [-0.2, 0) is 16.0 Å². The first-order valence-electron chi connectivity index (χ1n) is 8.67. The van der Waals surface area contributed by atoms with E-state index in [1.165, 1.54) is 0 Å². The molecule has 0 spiro atoms. The van der Waals surface area contributed by atoms with Crippen molar-refractivity contribution in [3.8, 4) is 11.5 Å². The van der Waals surface area contributed by atoms with Gasteiger partial charge in [-0.1, -0.05) is 15.9 Å². The van der Waals surface area contributed by atoms with Gasteiger partial charge in [0.25, 0.3) is 0 Å². The van der Waals surface area contributed by atoms with Crippen LogP contribution in [0, 0.1) is 0 Å². The van der Waals surface area contributed by atoms with Crippen molar-refractivity contribution in [2.45, 2.75) is 33.1 Å². The summed E-state index contributed by atoms with van der Waals surface area (Å²) in [6, 6.07) is 3.62. The smallest absolute Gasteiger partial charge is 0.241 e. The summed E-state index contributed by atoms with van der Waals surface area (Å²) < 4.78 is 11.9. The highest BCUT2D eigenvalue weighted by molar-refractivity contribution is 9.10. The lowest BCUT2D eigenvalue weighted by atomic mass is 10.1. The standard InChI is InChI=1S/C18H25BrN2O4/c1-3-24-15-9-13(14(19)11-16(15)25-4-2)10-17(22)20-12-18(23)21-7-5-6-8-21/h9,11H,3-8,10,12H2,1-2H3,(H,20,22). The van der Waals surface area contributed by atoms with Crippen molar-refractivity contribution in [2.75, 3.05) is 32.8 Å². The second kappa shape index (κ2) is 9.65. The van der Waals surface area contributed by atoms with Crippen molar-refractivity contribution in [3.63, 3.8) is 0 Å². The molecule has 0 aromatic heterocycles. The predicted octanol–water partition coefficient (Wildman–Crippen LogP) is 2.53. The van der Waals surface area contributed by atoms with Gasteiger partial charge in [-0.05, 0) is 44.4 Å². The van der Waals surface area contributed by atoms with Crippen molar-refractivity contribution in [1.29, 1.82) is 0 Å². The van der Waals surface area contributed by atoms with Crippen LogP contribution < -0.4 is 14.8 Å². The molecule has 0 bridgehead atoms. The van der Waals surface area contributed by atoms with E-state index in [4.69, 9.17) is 9.47 Å². The number of hydrogen-bond donors (Lipinski definition) is 1. The number of amides is 2. The average Bonchev–Trinajstić information content (AvgIpc) is 3.12. The van der Waals surface area contributed by atoms with Crippen LogP contribution in [0.25, 0.3) is 0 Å². The molecule has 1 aromatic carbocycles. The number of nitrogens with one attached hydrogen (secondary N) is 1. The molecule has 1 N–H and O–H groups in total. The Bertz CT molecular complexity index is 615. The highest BCUT2D eigenvalue weighted by Crippen LogP contribution is 2.34. The Labute approximate surface area is 157 Å². The Kier molecular flexibility index (Phi) is 7.55. The largest absolute Gasteiger partial charge is 0.490 e. The van der Waals surface area contributed by atoms with Gasteiger partial charge in [-0.3, -0.25) is 9.59 Å². The van der Waals surface area contributed by atoms with E-state index in [9.17, 15) is 9.59 Å². The van der Waals surface area contributed by atoms with E-state index in [2.05, 4.69) is 21.2 Å². The summed E-state index contributed by atoms with van der Waals surface area (Å²) in [6.07, 6.45) is 2.25. The number of rotatable bonds is 8. The van der Waals surface area contributed by atoms with Crippen molar-refractivity contribution >= 4 is 27.7 Å². The van der Waals surface area contributed by atoms with Crippen molar-refractivity contribution in [2.24, 2.45) is 0 Å². The molecule has 1 saturated heterocycles. The number of halogens is 1. The minimum atomic E-state index is -0.195. The lowest BCUT2D eigenvalue weighted by Gasteiger charge is -2.16. The Morgan fingerprint density at radius 3 is 2.32 bits per heavy atom. The first-order chi connectivity index (χ1) is 12.0. The summed E-state index contributed by atoms with van der Waals surface area (Å²) in [5.74, 6) is 1.04. The summed E-state index contributed by atoms with van der Waals surface area (Å²) >= 11 is 3.47. The molecule has 1 aliphatic rings. The van der Waals surface area contributed by atoms with Crippen LogP contribution in [0.1, 0.15) is 32.3 Å². The third-order valence-electron chi connectivity index (χ3n) is 3.96. The monoisotopic (exact) mass is 412 g/mol. The molecule has 1 heterocycles. The summed E-state index contributed by atoms with van der Waals surface area (Å²) in [6.45, 7) is 6.47. The maximum atomic E-state index is 12.2. The molecule has 1 fully saturated rings. The normalized spacial score (nSPS) is 13.6. The van der Waals surface area contributed by atoms with Gasteiger partial charge in [0.15, 0.2) is 11.5 Å². The van der Waals surface area contributed by atoms with Gasteiger partial charge in [0.1, 0.15) is 0 Å². The maximum absolute atomic E-state index is 12.2. The lowest BCUT2D eigenvalue weighted by Crippen LogP contribution is -2.39. The highest BCUT2D eigenvalue weighted by Gasteiger charge is 2.19. The Morgan fingerprint density at radius 2 is 1.72 bits per heavy atom. The third kappa shape index (κ3) is 5.63. The quantitative estimate of drug-likeness (QED) is 0.712. The number of nitrogens with zero attached hydrogens (tertiary/aromatic N) is 1. The molecular formula is C18H25BrN2O4. The average molecular weight is 413 g/mol. The minimum Gasteiger partial charge on any atom is -0.490 e. The van der Waals surface area contributed by atoms with Gasteiger partial charge in [-0.15, -0.1) is 0 Å². The minimum absolute atomic E-state index is 0.0217. The second-order valence-corrected chi connectivity index (χ2v) is 6.65. The van der Waals surface area contributed by atoms with Gasteiger partial charge < -0.3 is 19.7 Å². The Balaban J connectivity index is 1.96. The van der Waals surface area contributed by atoms with Crippen LogP contribution in [0.4, 0.5) is 0 Å². The van der Waals surface area contributed by atoms with Gasteiger partial charge >= 0.3 is 0 Å². The fraction of sp³-hybridized carbons (Fsp3) is 0.556. The Morgan fingerprint density at radius 1 is 1.12 bits per heavy atom. The number of likely N-dealkylation sites (tertiary alicyclic amines) is 1. The van der Waals surface area contributed by atoms with Crippen LogP contribution in [-0.4, -0.2) is 49.6 Å². The zero-order valence-electron chi connectivity index (χ0n) is 14.8. The number of hydrogen-bond acceptors (Lipinski definition) is 4. The molecule has 7 heteroatoms. The van der Waals surface area contributed by atoms with Crippen molar-refractivity contribution < 1.29 is 19.1 Å². The fourth-order valence-electron chi connectivity index (χ4n) is 2.74. The zero-order chi connectivity index (χ0) is 18.2. The summed E-state index contributed by atoms with van der Waals surface area (Å²) in [5, 5.41) is 2.70. The first-order valence-corrected chi connectivity index (χ1v) is 9.47. The zero-order valence-corrected chi connectivity index (χ0v) is 16.4. The van der Waals surface area contributed by atoms with Gasteiger partial charge in [0.2, 0.25) is 11.8 Å². The molecule has 6 nitrogen and oxygen atoms in total. The molecule has 25 heavy (non-hydrogen) atoms. The van der Waals surface area contributed by atoms with Crippen molar-refractivity contribution in [1.82, 2.24) is 10.2 Å². The van der Waals surface area contributed by atoms with Gasteiger partial charge in [0.05, 0.1) is 26.2 Å². The van der Waals surface area contributed by atoms with Crippen LogP contribution >= 0.6 is 15.9 Å². The summed E-state index contributed by atoms with van der Waals surface area (Å²) in [5.41, 5.74) is 0.790. The molecule has 138 valence electrons. The molecule has 0 atom stereocenters. The SMILES string of the molecule is CCOc1cc(Br)c(CC(=O)NCC(=O)N2CCCC2)cc1OCC. The van der Waals surface area contributed by atoms with E-state index in [-0.39, 0.29) is 24.8 Å². The van der Waals surface area contributed by atoms with Gasteiger partial charge in [-0.25, -0.2) is 0 Å². The van der Waals surface area contributed by atoms with Gasteiger partial charge in [-0.2, -0.15) is 0 Å². The second-order valence-electron chi connectivity index (χ2n) is 5.80. The first kappa shape index (κ1) is 19.6. The van der Waals surface area contributed by atoms with Crippen molar-refractivity contribution in [3.05, 3.63) is 22.2 Å². The van der Waals surface area contributed by atoms with E-state index < -0.39 is 0 Å². The number of benzene rings is 1. The van der Waals surface area contributed by atoms with Crippen LogP contribution in [0.5, 0.6) is 11.5 Å². The summed E-state index contributed by atoms with van der Waals surface area (Å²) in [4.78, 5) is 26.0. The molecular weight excluding hydrogens is 388 g/mol. The number of carbonyl (C=O) groups is 2. The van der Waals surface area contributed by atoms with E-state index in [0.29, 0.717) is 24.7 Å². The predicted molar refractivity (Wildman–Crippen MR) is 99.0 cm³/mol. The van der Waals surface area contributed by atoms with Crippen LogP contribution in [0.15, 0.2) is 16.6 Å². The molecule has 2 rings (SSSR count). The van der Waals surface area contributed by atoms with Crippen LogP contribution in [0.2, 0.25) is 0 Å². The number of ether oxygens (including phenoxy) is 2. The lowest BCUT2D eigenvalue weighted by molar-refractivity contribution is -0.131. The van der Waals surface area contributed by atoms with E-state index in [1.807, 2.05) is 19.9 Å². The molecule has 0 radical (unpaired) electrons. The third-order valence-corrected chi connectivity index (χ3v) is 4.70.